The van der Waals surface area contributed by atoms with Crippen LogP contribution in [0.1, 0.15) is 0 Å². The van der Waals surface area contributed by atoms with Crippen molar-refractivity contribution in [3.8, 4) is 5.88 Å². The van der Waals surface area contributed by atoms with Gasteiger partial charge in [0.25, 0.3) is 5.91 Å². The molecule has 0 unspecified atom stereocenters. The van der Waals surface area contributed by atoms with Gasteiger partial charge in [0.1, 0.15) is 18.5 Å². The van der Waals surface area contributed by atoms with Gasteiger partial charge in [-0.15, -0.1) is 0 Å². The monoisotopic (exact) mass is 275 g/mol. The smallest absolute Gasteiger partial charge is 0.287 e. The van der Waals surface area contributed by atoms with Crippen molar-refractivity contribution >= 4 is 12.2 Å². The summed E-state index contributed by atoms with van der Waals surface area (Å²) < 4.78 is 5.56. The number of aliphatic hydroxyl groups excluding tert-OH is 3. The Labute approximate surface area is 106 Å². The lowest BCUT2D eigenvalue weighted by Crippen LogP contribution is -2.45. The van der Waals surface area contributed by atoms with Crippen molar-refractivity contribution in [2.45, 2.75) is 24.2 Å². The van der Waals surface area contributed by atoms with Crippen LogP contribution in [0.15, 0.2) is 6.33 Å². The van der Waals surface area contributed by atoms with Gasteiger partial charge in [-0.3, -0.25) is 4.79 Å². The van der Waals surface area contributed by atoms with Crippen LogP contribution in [0.3, 0.4) is 0 Å². The molecule has 2 heterocycles. The predicted molar refractivity (Wildman–Crippen MR) is 57.7 cm³/mol. The number of imidazole rings is 1. The number of ether oxygens (including phenoxy) is 1. The van der Waals surface area contributed by atoms with Gasteiger partial charge in [-0.05, 0) is 0 Å². The molecule has 1 amide bonds. The Morgan fingerprint density at radius 2 is 2.26 bits per heavy atom. The number of nitrogens with one attached hydrogen (secondary N) is 1. The summed E-state index contributed by atoms with van der Waals surface area (Å²) >= 11 is 0. The van der Waals surface area contributed by atoms with Crippen LogP contribution in [0.4, 0.5) is 5.82 Å². The molecule has 1 aliphatic rings. The Hall–Kier alpha value is -1.72. The van der Waals surface area contributed by atoms with Gasteiger partial charge >= 0.3 is 0 Å². The Kier molecular flexibility index (Phi) is 3.43. The number of nitrogens with zero attached hydrogens (tertiary/aromatic N) is 2. The Morgan fingerprint density at radius 3 is 2.79 bits per heavy atom. The van der Waals surface area contributed by atoms with Crippen LogP contribution in [-0.2, 0) is 15.4 Å². The van der Waals surface area contributed by atoms with Crippen LogP contribution in [0.2, 0.25) is 0 Å². The van der Waals surface area contributed by atoms with Gasteiger partial charge in [-0.1, -0.05) is 0 Å². The van der Waals surface area contributed by atoms with E-state index in [0.717, 1.165) is 6.33 Å². The molecule has 10 heteroatoms. The lowest BCUT2D eigenvalue weighted by molar-refractivity contribution is -0.290. The first-order valence-electron chi connectivity index (χ1n) is 5.29. The van der Waals surface area contributed by atoms with E-state index in [0.29, 0.717) is 4.57 Å². The number of hydrogen-bond donors (Lipinski definition) is 6. The van der Waals surface area contributed by atoms with E-state index in [9.17, 15) is 25.2 Å². The van der Waals surface area contributed by atoms with E-state index in [1.807, 2.05) is 0 Å². The minimum atomic E-state index is -2.51. The second-order valence-corrected chi connectivity index (χ2v) is 3.98. The summed E-state index contributed by atoms with van der Waals surface area (Å²) in [6.45, 7) is -0.643. The van der Waals surface area contributed by atoms with Crippen LogP contribution in [0, 0.1) is 0 Å². The number of hydrogen-bond acceptors (Lipinski definition) is 8. The molecule has 1 fully saturated rings. The normalized spacial score (nSPS) is 34.4. The zero-order chi connectivity index (χ0) is 14.2. The van der Waals surface area contributed by atoms with Gasteiger partial charge in [-0.2, -0.15) is 0 Å². The molecule has 1 aromatic rings. The lowest BCUT2D eigenvalue weighted by atomic mass is 10.1. The number of rotatable bonds is 4. The molecule has 0 spiro atoms. The topological polar surface area (TPSA) is 157 Å². The van der Waals surface area contributed by atoms with Crippen LogP contribution in [0.5, 0.6) is 5.88 Å². The highest BCUT2D eigenvalue weighted by Gasteiger charge is 2.55. The quantitative estimate of drug-likeness (QED) is 0.315. The third-order valence-corrected chi connectivity index (χ3v) is 2.88. The Balaban J connectivity index is 2.37. The second kappa shape index (κ2) is 4.75. The molecule has 1 aromatic heterocycles. The summed E-state index contributed by atoms with van der Waals surface area (Å²) in [7, 11) is 0. The molecule has 1 saturated heterocycles. The molecular weight excluding hydrogens is 262 g/mol. The van der Waals surface area contributed by atoms with E-state index in [-0.39, 0.29) is 12.2 Å². The molecule has 19 heavy (non-hydrogen) atoms. The van der Waals surface area contributed by atoms with E-state index >= 15 is 0 Å². The molecule has 0 radical (unpaired) electrons. The van der Waals surface area contributed by atoms with Crippen LogP contribution in [-0.4, -0.2) is 66.4 Å². The summed E-state index contributed by atoms with van der Waals surface area (Å²) in [6.07, 6.45) is -3.46. The SMILES string of the molecule is O=CNc1ncn([C@@]2(O)O[C@H](CO)[C@@H](O)[C@H]2O)c1O. The molecule has 0 bridgehead atoms. The minimum Gasteiger partial charge on any atom is -0.492 e. The number of carbonyl (C=O) groups is 1. The first-order valence-corrected chi connectivity index (χ1v) is 5.29. The van der Waals surface area contributed by atoms with Crippen molar-refractivity contribution in [2.75, 3.05) is 11.9 Å². The fourth-order valence-electron chi connectivity index (χ4n) is 1.87. The molecule has 10 nitrogen and oxygen atoms in total. The predicted octanol–water partition coefficient (Wildman–Crippen LogP) is -3.13. The number of aromatic hydroxyl groups is 1. The number of aromatic nitrogens is 2. The molecule has 0 aliphatic carbocycles. The molecule has 0 aromatic carbocycles. The number of aliphatic hydroxyl groups is 4. The van der Waals surface area contributed by atoms with Gasteiger partial charge in [-0.25, -0.2) is 9.55 Å². The van der Waals surface area contributed by atoms with E-state index in [4.69, 9.17) is 9.84 Å². The standard InChI is InChI=1S/C9H13N3O7/c13-1-4-5(15)6(16)9(18,19-4)12-2-10-7(8(12)17)11-3-14/h2-6,13,15-18H,1H2,(H,11,14)/t4-,5-,6-,9+/m1/s1. The van der Waals surface area contributed by atoms with E-state index < -0.39 is 36.7 Å². The van der Waals surface area contributed by atoms with Gasteiger partial charge in [0.2, 0.25) is 12.3 Å². The fraction of sp³-hybridized carbons (Fsp3) is 0.556. The first kappa shape index (κ1) is 13.7. The summed E-state index contributed by atoms with van der Waals surface area (Å²) in [4.78, 5) is 13.8. The zero-order valence-electron chi connectivity index (χ0n) is 9.54. The fourth-order valence-corrected chi connectivity index (χ4v) is 1.87. The van der Waals surface area contributed by atoms with E-state index in [2.05, 4.69) is 10.3 Å². The first-order chi connectivity index (χ1) is 8.95. The van der Waals surface area contributed by atoms with Crippen LogP contribution >= 0.6 is 0 Å². The Bertz CT molecular complexity index is 478. The van der Waals surface area contributed by atoms with Crippen LogP contribution < -0.4 is 5.32 Å². The van der Waals surface area contributed by atoms with Crippen molar-refractivity contribution in [1.82, 2.24) is 9.55 Å². The highest BCUT2D eigenvalue weighted by molar-refractivity contribution is 5.71. The lowest BCUT2D eigenvalue weighted by Gasteiger charge is -2.27. The highest BCUT2D eigenvalue weighted by atomic mass is 16.7. The zero-order valence-corrected chi connectivity index (χ0v) is 9.54. The molecule has 6 N–H and O–H groups in total. The number of carbonyl (C=O) groups excluding carboxylic acids is 1. The van der Waals surface area contributed by atoms with Gasteiger partial charge in [0.05, 0.1) is 6.61 Å². The Morgan fingerprint density at radius 1 is 1.58 bits per heavy atom. The average molecular weight is 275 g/mol. The van der Waals surface area contributed by atoms with E-state index in [1.165, 1.54) is 0 Å². The molecule has 106 valence electrons. The molecule has 4 atom stereocenters. The average Bonchev–Trinajstić information content (AvgIpc) is 2.85. The third kappa shape index (κ3) is 1.95. The molecule has 0 saturated carbocycles. The minimum absolute atomic E-state index is 0.258. The summed E-state index contributed by atoms with van der Waals surface area (Å²) in [6, 6.07) is 0. The molecular formula is C9H13N3O7. The van der Waals surface area contributed by atoms with Crippen molar-refractivity contribution < 1.29 is 35.1 Å². The van der Waals surface area contributed by atoms with Crippen molar-refractivity contribution in [1.29, 1.82) is 0 Å². The van der Waals surface area contributed by atoms with Crippen LogP contribution in [0.25, 0.3) is 0 Å². The molecule has 1 aliphatic heterocycles. The number of anilines is 1. The summed E-state index contributed by atoms with van der Waals surface area (Å²) in [5, 5.41) is 50.2. The van der Waals surface area contributed by atoms with Crippen molar-refractivity contribution in [3.63, 3.8) is 0 Å². The highest BCUT2D eigenvalue weighted by Crippen LogP contribution is 2.37. The van der Waals surface area contributed by atoms with Crippen molar-refractivity contribution in [3.05, 3.63) is 6.33 Å². The largest absolute Gasteiger partial charge is 0.492 e. The maximum absolute atomic E-state index is 10.3. The van der Waals surface area contributed by atoms with Crippen molar-refractivity contribution in [2.24, 2.45) is 0 Å². The summed E-state index contributed by atoms with van der Waals surface area (Å²) in [5.41, 5.74) is 0. The molecule has 2 rings (SSSR count). The maximum atomic E-state index is 10.3. The number of amides is 1. The van der Waals surface area contributed by atoms with Gasteiger partial charge < -0.3 is 35.6 Å². The maximum Gasteiger partial charge on any atom is 0.287 e. The van der Waals surface area contributed by atoms with Gasteiger partial charge in [0, 0.05) is 0 Å². The second-order valence-electron chi connectivity index (χ2n) is 3.98. The summed E-state index contributed by atoms with van der Waals surface area (Å²) in [5.74, 6) is -3.45. The third-order valence-electron chi connectivity index (χ3n) is 2.88. The van der Waals surface area contributed by atoms with E-state index in [1.54, 1.807) is 0 Å². The van der Waals surface area contributed by atoms with Gasteiger partial charge in [0.15, 0.2) is 11.9 Å².